The molecule has 0 bridgehead atoms. The summed E-state index contributed by atoms with van der Waals surface area (Å²) in [6.45, 7) is 4.52. The van der Waals surface area contributed by atoms with E-state index in [1.54, 1.807) is 0 Å². The normalized spacial score (nSPS) is 13.3. The van der Waals surface area contributed by atoms with Gasteiger partial charge >= 0.3 is 21.1 Å². The van der Waals surface area contributed by atoms with Gasteiger partial charge in [-0.3, -0.25) is 4.98 Å². The summed E-state index contributed by atoms with van der Waals surface area (Å²) in [5, 5.41) is 5.48. The van der Waals surface area contributed by atoms with Crippen LogP contribution in [0.2, 0.25) is 0 Å². The number of anilines is 3. The van der Waals surface area contributed by atoms with Crippen LogP contribution >= 0.6 is 0 Å². The van der Waals surface area contributed by atoms with Gasteiger partial charge in [0.1, 0.15) is 5.82 Å². The molecule has 6 nitrogen and oxygen atoms in total. The number of pyridine rings is 2. The molecule has 6 aromatic carbocycles. The average molecular weight is 877 g/mol. The molecule has 5 heterocycles. The maximum Gasteiger partial charge on any atom is 2.00 e. The first kappa shape index (κ1) is 32.4. The molecular formula is C47H31N5OPt. The van der Waals surface area contributed by atoms with E-state index in [1.807, 2.05) is 42.9 Å². The van der Waals surface area contributed by atoms with Gasteiger partial charge in [0.05, 0.1) is 16.7 Å². The molecular weight excluding hydrogens is 846 g/mol. The number of imidazole rings is 1. The molecule has 0 radical (unpaired) electrons. The molecule has 0 N–H and O–H groups in total. The maximum atomic E-state index is 6.56. The zero-order valence-electron chi connectivity index (χ0n) is 29.4. The Morgan fingerprint density at radius 3 is 2.26 bits per heavy atom. The van der Waals surface area contributed by atoms with E-state index in [0.29, 0.717) is 11.5 Å². The molecule has 54 heavy (non-hydrogen) atoms. The van der Waals surface area contributed by atoms with Gasteiger partial charge < -0.3 is 18.6 Å². The van der Waals surface area contributed by atoms with Crippen molar-refractivity contribution in [3.63, 3.8) is 0 Å². The Hall–Kier alpha value is -6.23. The first-order valence-corrected chi connectivity index (χ1v) is 17.8. The minimum atomic E-state index is -0.197. The first-order chi connectivity index (χ1) is 26.0. The van der Waals surface area contributed by atoms with E-state index in [1.165, 1.54) is 27.4 Å². The van der Waals surface area contributed by atoms with E-state index in [-0.39, 0.29) is 26.5 Å². The fourth-order valence-electron chi connectivity index (χ4n) is 8.40. The minimum Gasteiger partial charge on any atom is -0.503 e. The van der Waals surface area contributed by atoms with Crippen LogP contribution in [0.4, 0.5) is 17.2 Å². The van der Waals surface area contributed by atoms with E-state index in [9.17, 15) is 0 Å². The number of para-hydroxylation sites is 3. The monoisotopic (exact) mass is 876 g/mol. The SMILES string of the molecule is CC1(C)c2ccccc2N(c2[c-]c(Oc3[c-]c4c(cc3)c3cc5c(cc3n3ccnc43)c3ccccc3n5-c3ccccc3)ccc2)c2ncccc21.[Pt+2]. The Kier molecular flexibility index (Phi) is 7.30. The van der Waals surface area contributed by atoms with Crippen molar-refractivity contribution in [2.24, 2.45) is 0 Å². The summed E-state index contributed by atoms with van der Waals surface area (Å²) in [5.74, 6) is 2.08. The van der Waals surface area contributed by atoms with Crippen LogP contribution in [-0.2, 0) is 26.5 Å². The number of aromatic nitrogens is 4. The van der Waals surface area contributed by atoms with Gasteiger partial charge in [0.25, 0.3) is 0 Å². The third-order valence-electron chi connectivity index (χ3n) is 10.8. The van der Waals surface area contributed by atoms with Crippen molar-refractivity contribution in [3.05, 3.63) is 175 Å². The molecule has 0 unspecified atom stereocenters. The van der Waals surface area contributed by atoms with E-state index < -0.39 is 0 Å². The van der Waals surface area contributed by atoms with Crippen molar-refractivity contribution < 1.29 is 25.8 Å². The second kappa shape index (κ2) is 12.2. The molecule has 4 aromatic heterocycles. The molecule has 7 heteroatoms. The number of ether oxygens (including phenoxy) is 1. The summed E-state index contributed by atoms with van der Waals surface area (Å²) < 4.78 is 11.1. The number of hydrogen-bond donors (Lipinski definition) is 0. The standard InChI is InChI=1S/C47H31N5O.Pt/c1-47(2)39-17-7-9-20-42(39)52(46-40(47)18-11-23-48-46)31-14-10-15-32(26-31)53-33-21-22-34-36-29-44-37(28-43(36)50-25-24-49-45(50)38(34)27-33)35-16-6-8-19-41(35)51(44)30-12-4-3-5-13-30;/h3-25,28-29H,1-2H3;/q-2;+2. The molecule has 1 aliphatic rings. The Morgan fingerprint density at radius 1 is 0.593 bits per heavy atom. The fraction of sp³-hybridized carbons (Fsp3) is 0.0638. The summed E-state index contributed by atoms with van der Waals surface area (Å²) in [6.07, 6.45) is 5.74. The number of benzene rings is 6. The average Bonchev–Trinajstić information content (AvgIpc) is 3.82. The number of nitrogens with zero attached hydrogens (tertiary/aromatic N) is 5. The van der Waals surface area contributed by atoms with Gasteiger partial charge in [0, 0.05) is 68.7 Å². The van der Waals surface area contributed by atoms with Gasteiger partial charge in [-0.1, -0.05) is 97.0 Å². The van der Waals surface area contributed by atoms with Crippen LogP contribution in [0.5, 0.6) is 11.5 Å². The van der Waals surface area contributed by atoms with Crippen molar-refractivity contribution in [2.75, 3.05) is 4.90 Å². The molecule has 0 saturated carbocycles. The molecule has 0 aliphatic carbocycles. The number of fused-ring (bicyclic) bond motifs is 11. The maximum absolute atomic E-state index is 6.56. The van der Waals surface area contributed by atoms with Crippen LogP contribution in [0.1, 0.15) is 25.0 Å². The van der Waals surface area contributed by atoms with Gasteiger partial charge in [-0.15, -0.1) is 30.3 Å². The summed E-state index contributed by atoms with van der Waals surface area (Å²) in [4.78, 5) is 11.9. The van der Waals surface area contributed by atoms with Crippen LogP contribution in [0.15, 0.2) is 152 Å². The van der Waals surface area contributed by atoms with Crippen molar-refractivity contribution >= 4 is 66.3 Å². The third-order valence-corrected chi connectivity index (χ3v) is 10.8. The van der Waals surface area contributed by atoms with E-state index in [4.69, 9.17) is 14.7 Å². The smallest absolute Gasteiger partial charge is 0.503 e. The van der Waals surface area contributed by atoms with Gasteiger partial charge in [0.15, 0.2) is 0 Å². The van der Waals surface area contributed by atoms with Gasteiger partial charge in [-0.25, -0.2) is 4.98 Å². The molecule has 0 amide bonds. The van der Waals surface area contributed by atoms with E-state index in [0.717, 1.165) is 55.7 Å². The van der Waals surface area contributed by atoms with Gasteiger partial charge in [-0.05, 0) is 53.4 Å². The first-order valence-electron chi connectivity index (χ1n) is 17.8. The van der Waals surface area contributed by atoms with Crippen molar-refractivity contribution in [2.45, 2.75) is 19.3 Å². The van der Waals surface area contributed by atoms with Crippen LogP contribution in [0, 0.1) is 12.1 Å². The molecule has 10 aromatic rings. The van der Waals surface area contributed by atoms with Crippen LogP contribution in [0.3, 0.4) is 0 Å². The van der Waals surface area contributed by atoms with Gasteiger partial charge in [0.2, 0.25) is 0 Å². The summed E-state index contributed by atoms with van der Waals surface area (Å²) in [5.41, 5.74) is 9.52. The Bertz CT molecular complexity index is 3040. The molecule has 0 atom stereocenters. The summed E-state index contributed by atoms with van der Waals surface area (Å²) in [6, 6.07) is 53.8. The van der Waals surface area contributed by atoms with Crippen molar-refractivity contribution in [1.82, 2.24) is 18.9 Å². The largest absolute Gasteiger partial charge is 2.00 e. The third kappa shape index (κ3) is 4.70. The predicted octanol–water partition coefficient (Wildman–Crippen LogP) is 11.6. The molecule has 0 fully saturated rings. The number of rotatable bonds is 4. The van der Waals surface area contributed by atoms with E-state index in [2.05, 4.69) is 149 Å². The van der Waals surface area contributed by atoms with Crippen LogP contribution in [0.25, 0.3) is 54.8 Å². The quantitative estimate of drug-likeness (QED) is 0.131. The Morgan fingerprint density at radius 2 is 1.35 bits per heavy atom. The second-order valence-corrected chi connectivity index (χ2v) is 14.2. The number of hydrogen-bond acceptors (Lipinski definition) is 4. The fourth-order valence-corrected chi connectivity index (χ4v) is 8.40. The molecule has 11 rings (SSSR count). The van der Waals surface area contributed by atoms with Crippen LogP contribution in [-0.4, -0.2) is 18.9 Å². The van der Waals surface area contributed by atoms with E-state index >= 15 is 0 Å². The Balaban J connectivity index is 0.00000361. The second-order valence-electron chi connectivity index (χ2n) is 14.2. The van der Waals surface area contributed by atoms with Crippen molar-refractivity contribution in [1.29, 1.82) is 0 Å². The molecule has 0 spiro atoms. The topological polar surface area (TPSA) is 47.6 Å². The predicted molar refractivity (Wildman–Crippen MR) is 213 cm³/mol. The molecule has 0 saturated heterocycles. The Labute approximate surface area is 326 Å². The molecule has 260 valence electrons. The zero-order chi connectivity index (χ0) is 35.3. The summed E-state index contributed by atoms with van der Waals surface area (Å²) in [7, 11) is 0. The molecule has 1 aliphatic heterocycles. The van der Waals surface area contributed by atoms with Crippen LogP contribution < -0.4 is 9.64 Å². The minimum absolute atomic E-state index is 0. The van der Waals surface area contributed by atoms with Gasteiger partial charge in [-0.2, -0.15) is 6.07 Å². The van der Waals surface area contributed by atoms with Crippen molar-refractivity contribution in [3.8, 4) is 17.2 Å². The zero-order valence-corrected chi connectivity index (χ0v) is 31.7. The summed E-state index contributed by atoms with van der Waals surface area (Å²) >= 11 is 0.